The molecule has 4 rings (SSSR count). The van der Waals surface area contributed by atoms with Crippen LogP contribution in [0.3, 0.4) is 0 Å². The number of nitrogens with zero attached hydrogens (tertiary/aromatic N) is 2. The van der Waals surface area contributed by atoms with Gasteiger partial charge in [0.05, 0.1) is 17.7 Å². The van der Waals surface area contributed by atoms with Crippen LogP contribution in [0.2, 0.25) is 0 Å². The normalized spacial score (nSPS) is 11.0. The van der Waals surface area contributed by atoms with Gasteiger partial charge in [0.25, 0.3) is 0 Å². The van der Waals surface area contributed by atoms with Crippen molar-refractivity contribution >= 4 is 43.9 Å². The summed E-state index contributed by atoms with van der Waals surface area (Å²) in [5.41, 5.74) is 1.02. The van der Waals surface area contributed by atoms with Gasteiger partial charge in [-0.2, -0.15) is 0 Å². The zero-order valence-corrected chi connectivity index (χ0v) is 15.7. The van der Waals surface area contributed by atoms with Crippen LogP contribution < -0.4 is 4.90 Å². The van der Waals surface area contributed by atoms with Crippen molar-refractivity contribution in [2.24, 2.45) is 0 Å². The van der Waals surface area contributed by atoms with Crippen LogP contribution in [0.5, 0.6) is 0 Å². The first-order chi connectivity index (χ1) is 13.1. The molecule has 0 bridgehead atoms. The van der Waals surface area contributed by atoms with E-state index in [0.29, 0.717) is 16.4 Å². The number of fused-ring (bicyclic) bond motifs is 1. The van der Waals surface area contributed by atoms with Gasteiger partial charge < -0.3 is 0 Å². The molecule has 1 amide bonds. The Morgan fingerprint density at radius 3 is 2.63 bits per heavy atom. The van der Waals surface area contributed by atoms with Crippen molar-refractivity contribution in [3.63, 3.8) is 0 Å². The highest BCUT2D eigenvalue weighted by atomic mass is 32.1. The lowest BCUT2D eigenvalue weighted by Gasteiger charge is -2.19. The third-order valence-corrected chi connectivity index (χ3v) is 5.92. The fraction of sp³-hybridized carbons (Fsp3) is 0.100. The number of anilines is 1. The van der Waals surface area contributed by atoms with Gasteiger partial charge in [0.2, 0.25) is 5.91 Å². The highest BCUT2D eigenvalue weighted by Gasteiger charge is 2.22. The minimum atomic E-state index is -0.724. The van der Waals surface area contributed by atoms with E-state index in [4.69, 9.17) is 0 Å². The molecule has 7 heteroatoms. The first-order valence-electron chi connectivity index (χ1n) is 8.22. The molecule has 0 radical (unpaired) electrons. The largest absolute Gasteiger partial charge is 0.283 e. The molecule has 136 valence electrons. The summed E-state index contributed by atoms with van der Waals surface area (Å²) in [6.07, 6.45) is 0.233. The Balaban J connectivity index is 1.72. The third-order valence-electron chi connectivity index (χ3n) is 4.02. The molecule has 27 heavy (non-hydrogen) atoms. The van der Waals surface area contributed by atoms with Crippen molar-refractivity contribution in [3.05, 3.63) is 82.1 Å². The quantitative estimate of drug-likeness (QED) is 0.449. The standard InChI is InChI=1S/C20H14F2N2OS2/c21-14-9-16(22)19-17(10-14)27-20(23-19)24(12-13-5-2-1-3-6-13)18(25)11-15-7-4-8-26-15/h1-10H,11-12H2. The second kappa shape index (κ2) is 7.54. The Labute approximate surface area is 162 Å². The summed E-state index contributed by atoms with van der Waals surface area (Å²) in [6.45, 7) is 0.314. The summed E-state index contributed by atoms with van der Waals surface area (Å²) in [5.74, 6) is -1.52. The Morgan fingerprint density at radius 1 is 1.07 bits per heavy atom. The number of rotatable bonds is 5. The van der Waals surface area contributed by atoms with Crippen LogP contribution >= 0.6 is 22.7 Å². The van der Waals surface area contributed by atoms with Gasteiger partial charge in [-0.25, -0.2) is 13.8 Å². The number of amides is 1. The summed E-state index contributed by atoms with van der Waals surface area (Å²) in [7, 11) is 0. The van der Waals surface area contributed by atoms with E-state index in [1.54, 1.807) is 0 Å². The predicted molar refractivity (Wildman–Crippen MR) is 105 cm³/mol. The Morgan fingerprint density at radius 2 is 1.89 bits per heavy atom. The fourth-order valence-electron chi connectivity index (χ4n) is 2.75. The molecule has 0 unspecified atom stereocenters. The molecule has 0 aliphatic rings. The molecule has 0 N–H and O–H groups in total. The van der Waals surface area contributed by atoms with Gasteiger partial charge in [-0.05, 0) is 23.1 Å². The van der Waals surface area contributed by atoms with Crippen LogP contribution in [-0.2, 0) is 17.8 Å². The number of carbonyl (C=O) groups is 1. The Bertz CT molecular complexity index is 1080. The van der Waals surface area contributed by atoms with Gasteiger partial charge in [0.15, 0.2) is 10.9 Å². The molecule has 0 saturated heterocycles. The molecular weight excluding hydrogens is 386 g/mol. The molecule has 2 heterocycles. The lowest BCUT2D eigenvalue weighted by Crippen LogP contribution is -2.31. The number of aromatic nitrogens is 1. The number of benzene rings is 2. The van der Waals surface area contributed by atoms with E-state index in [1.807, 2.05) is 47.8 Å². The van der Waals surface area contributed by atoms with E-state index in [-0.39, 0.29) is 17.8 Å². The lowest BCUT2D eigenvalue weighted by molar-refractivity contribution is -0.118. The maximum atomic E-state index is 14.1. The smallest absolute Gasteiger partial charge is 0.234 e. The number of thiazole rings is 1. The number of carbonyl (C=O) groups excluding carboxylic acids is 1. The topological polar surface area (TPSA) is 33.2 Å². The minimum Gasteiger partial charge on any atom is -0.283 e. The molecule has 0 saturated carbocycles. The molecule has 0 atom stereocenters. The van der Waals surface area contributed by atoms with Crippen molar-refractivity contribution in [1.29, 1.82) is 0 Å². The Hall–Kier alpha value is -2.64. The monoisotopic (exact) mass is 400 g/mol. The minimum absolute atomic E-state index is 0.0818. The van der Waals surface area contributed by atoms with Crippen LogP contribution in [0.25, 0.3) is 10.2 Å². The number of thiophene rings is 1. The van der Waals surface area contributed by atoms with Gasteiger partial charge in [-0.15, -0.1) is 11.3 Å². The van der Waals surface area contributed by atoms with E-state index in [0.717, 1.165) is 27.8 Å². The summed E-state index contributed by atoms with van der Waals surface area (Å²) in [6, 6.07) is 15.4. The van der Waals surface area contributed by atoms with Gasteiger partial charge in [0.1, 0.15) is 11.3 Å². The van der Waals surface area contributed by atoms with Gasteiger partial charge >= 0.3 is 0 Å². The van der Waals surface area contributed by atoms with Gasteiger partial charge in [-0.3, -0.25) is 9.69 Å². The fourth-order valence-corrected chi connectivity index (χ4v) is 4.46. The first-order valence-corrected chi connectivity index (χ1v) is 9.92. The number of hydrogen-bond acceptors (Lipinski definition) is 4. The summed E-state index contributed by atoms with van der Waals surface area (Å²) >= 11 is 2.62. The van der Waals surface area contributed by atoms with Gasteiger partial charge in [-0.1, -0.05) is 47.7 Å². The van der Waals surface area contributed by atoms with E-state index < -0.39 is 11.6 Å². The molecule has 2 aromatic heterocycles. The van der Waals surface area contributed by atoms with E-state index >= 15 is 0 Å². The van der Waals surface area contributed by atoms with Crippen molar-refractivity contribution in [1.82, 2.24) is 4.98 Å². The first kappa shape index (κ1) is 17.8. The van der Waals surface area contributed by atoms with Crippen molar-refractivity contribution in [2.45, 2.75) is 13.0 Å². The van der Waals surface area contributed by atoms with Crippen LogP contribution in [0.1, 0.15) is 10.4 Å². The van der Waals surface area contributed by atoms with E-state index in [2.05, 4.69) is 4.98 Å². The van der Waals surface area contributed by atoms with Crippen LogP contribution in [0.15, 0.2) is 60.0 Å². The van der Waals surface area contributed by atoms with Crippen molar-refractivity contribution < 1.29 is 13.6 Å². The zero-order valence-electron chi connectivity index (χ0n) is 14.1. The van der Waals surface area contributed by atoms with Crippen LogP contribution in [-0.4, -0.2) is 10.9 Å². The van der Waals surface area contributed by atoms with E-state index in [9.17, 15) is 13.6 Å². The highest BCUT2D eigenvalue weighted by molar-refractivity contribution is 7.22. The highest BCUT2D eigenvalue weighted by Crippen LogP contribution is 2.32. The maximum Gasteiger partial charge on any atom is 0.234 e. The predicted octanol–water partition coefficient (Wildman–Crippen LogP) is 5.41. The van der Waals surface area contributed by atoms with Crippen LogP contribution in [0, 0.1) is 11.6 Å². The molecule has 0 fully saturated rings. The molecular formula is C20H14F2N2OS2. The Kier molecular flexibility index (Phi) is 4.96. The second-order valence-corrected chi connectivity index (χ2v) is 7.99. The molecule has 0 spiro atoms. The van der Waals surface area contributed by atoms with Crippen molar-refractivity contribution in [2.75, 3.05) is 4.90 Å². The summed E-state index contributed by atoms with van der Waals surface area (Å²) in [5, 5.41) is 2.28. The third kappa shape index (κ3) is 3.89. The average molecular weight is 400 g/mol. The summed E-state index contributed by atoms with van der Waals surface area (Å²) < 4.78 is 28.0. The lowest BCUT2D eigenvalue weighted by atomic mass is 10.2. The SMILES string of the molecule is O=C(Cc1cccs1)N(Cc1ccccc1)c1nc2c(F)cc(F)cc2s1. The molecule has 2 aromatic carbocycles. The molecule has 4 aromatic rings. The molecule has 0 aliphatic heterocycles. The van der Waals surface area contributed by atoms with E-state index in [1.165, 1.54) is 22.3 Å². The maximum absolute atomic E-state index is 14.1. The second-order valence-electron chi connectivity index (χ2n) is 5.95. The van der Waals surface area contributed by atoms with Crippen LogP contribution in [0.4, 0.5) is 13.9 Å². The van der Waals surface area contributed by atoms with Gasteiger partial charge in [0, 0.05) is 10.9 Å². The zero-order chi connectivity index (χ0) is 18.8. The molecule has 3 nitrogen and oxygen atoms in total. The summed E-state index contributed by atoms with van der Waals surface area (Å²) in [4.78, 5) is 19.7. The number of halogens is 2. The van der Waals surface area contributed by atoms with Crippen molar-refractivity contribution in [3.8, 4) is 0 Å². The molecule has 0 aliphatic carbocycles. The average Bonchev–Trinajstić information content (AvgIpc) is 3.30. The number of hydrogen-bond donors (Lipinski definition) is 0.